The first kappa shape index (κ1) is 19.1. The molecule has 2 nitrogen and oxygen atoms in total. The van der Waals surface area contributed by atoms with Crippen molar-refractivity contribution < 1.29 is 9.90 Å². The summed E-state index contributed by atoms with van der Waals surface area (Å²) in [5.74, 6) is -0.730. The van der Waals surface area contributed by atoms with Crippen LogP contribution in [-0.4, -0.2) is 40.5 Å². The lowest BCUT2D eigenvalue weighted by Crippen LogP contribution is -2.82. The number of carbonyl (C=O) groups is 1. The van der Waals surface area contributed by atoms with Gasteiger partial charge >= 0.3 is 5.97 Å². The van der Waals surface area contributed by atoms with E-state index in [2.05, 4.69) is 64.6 Å². The van der Waals surface area contributed by atoms with E-state index in [0.29, 0.717) is 5.57 Å². The molecule has 0 unspecified atom stereocenters. The van der Waals surface area contributed by atoms with E-state index in [-0.39, 0.29) is 0 Å². The van der Waals surface area contributed by atoms with Gasteiger partial charge in [-0.3, -0.25) is 0 Å². The van der Waals surface area contributed by atoms with Crippen LogP contribution in [0.2, 0.25) is 58.9 Å². The van der Waals surface area contributed by atoms with E-state index in [9.17, 15) is 9.90 Å². The van der Waals surface area contributed by atoms with Gasteiger partial charge in [-0.2, -0.15) is 0 Å². The van der Waals surface area contributed by atoms with Crippen molar-refractivity contribution in [2.75, 3.05) is 0 Å². The zero-order valence-electron chi connectivity index (χ0n) is 14.4. The van der Waals surface area contributed by atoms with Crippen LogP contribution in [-0.2, 0) is 4.79 Å². The van der Waals surface area contributed by atoms with Crippen LogP contribution in [0.15, 0.2) is 11.3 Å². The zero-order valence-corrected chi connectivity index (χ0v) is 18.4. The Morgan fingerprint density at radius 3 is 1.21 bits per heavy atom. The Kier molecular flexibility index (Phi) is 5.48. The van der Waals surface area contributed by atoms with Crippen molar-refractivity contribution in [2.45, 2.75) is 65.8 Å². The maximum atomic E-state index is 11.4. The van der Waals surface area contributed by atoms with Gasteiger partial charge in [-0.25, -0.2) is 4.79 Å². The molecule has 112 valence electrons. The summed E-state index contributed by atoms with van der Waals surface area (Å²) >= 11 is 0. The van der Waals surface area contributed by atoms with Gasteiger partial charge in [0.1, 0.15) is 0 Å². The van der Waals surface area contributed by atoms with E-state index in [0.717, 1.165) is 0 Å². The molecule has 0 aromatic heterocycles. The largest absolute Gasteiger partial charge is 0.478 e. The molecule has 6 heteroatoms. The van der Waals surface area contributed by atoms with Gasteiger partial charge in [-0.05, 0) is 6.92 Å². The first-order chi connectivity index (χ1) is 8.08. The van der Waals surface area contributed by atoms with Crippen LogP contribution in [0.4, 0.5) is 0 Å². The zero-order chi connectivity index (χ0) is 15.9. The van der Waals surface area contributed by atoms with Crippen molar-refractivity contribution >= 4 is 35.4 Å². The van der Waals surface area contributed by atoms with Gasteiger partial charge < -0.3 is 5.11 Å². The Labute approximate surface area is 122 Å². The molecule has 0 heterocycles. The van der Waals surface area contributed by atoms with E-state index in [4.69, 9.17) is 0 Å². The number of carboxylic acids is 1. The second-order valence-electron chi connectivity index (χ2n) is 8.69. The Bertz CT molecular complexity index is 345. The average molecular weight is 333 g/mol. The van der Waals surface area contributed by atoms with Crippen LogP contribution in [0.25, 0.3) is 0 Å². The van der Waals surface area contributed by atoms with Crippen LogP contribution < -0.4 is 0 Å². The van der Waals surface area contributed by atoms with Crippen molar-refractivity contribution in [2.24, 2.45) is 0 Å². The molecule has 0 rings (SSSR count). The molecule has 0 spiro atoms. The van der Waals surface area contributed by atoms with E-state index < -0.39 is 35.4 Å². The summed E-state index contributed by atoms with van der Waals surface area (Å²) < 4.78 is 0. The van der Waals surface area contributed by atoms with E-state index in [1.54, 1.807) is 6.92 Å². The second kappa shape index (κ2) is 5.46. The van der Waals surface area contributed by atoms with Gasteiger partial charge in [-0.1, -0.05) is 64.6 Å². The molecule has 0 aliphatic rings. The summed E-state index contributed by atoms with van der Waals surface area (Å²) in [4.78, 5) is 11.4. The Balaban J connectivity index is 6.46. The summed E-state index contributed by atoms with van der Waals surface area (Å²) in [6, 6.07) is 0. The van der Waals surface area contributed by atoms with Gasteiger partial charge in [0.2, 0.25) is 0 Å². The molecule has 19 heavy (non-hydrogen) atoms. The standard InChI is InChI=1S/C13H32O2Si4/c1-12(13(14)15)11-19(16(2,3)4,17(5,6)7)18(8,9)10/h11H,1-10H3,(H,14,15)/b12-11+. The van der Waals surface area contributed by atoms with Gasteiger partial charge in [0, 0.05) is 28.3 Å². The third kappa shape index (κ3) is 3.59. The molecule has 0 aromatic carbocycles. The first-order valence-corrected chi connectivity index (χ1v) is 22.6. The lowest BCUT2D eigenvalue weighted by molar-refractivity contribution is -0.132. The molecule has 0 atom stereocenters. The maximum absolute atomic E-state index is 11.4. The van der Waals surface area contributed by atoms with E-state index >= 15 is 0 Å². The third-order valence-corrected chi connectivity index (χ3v) is 75.4. The Hall–Kier alpha value is 0.0775. The van der Waals surface area contributed by atoms with Crippen LogP contribution in [0.1, 0.15) is 6.92 Å². The quantitative estimate of drug-likeness (QED) is 0.603. The smallest absolute Gasteiger partial charge is 0.330 e. The number of aliphatic carboxylic acids is 1. The minimum atomic E-state index is -1.65. The van der Waals surface area contributed by atoms with Gasteiger partial charge in [0.05, 0.1) is 6.63 Å². The van der Waals surface area contributed by atoms with E-state index in [1.165, 1.54) is 0 Å². The van der Waals surface area contributed by atoms with Crippen LogP contribution in [0, 0.1) is 0 Å². The predicted octanol–water partition coefficient (Wildman–Crippen LogP) is 4.26. The summed E-state index contributed by atoms with van der Waals surface area (Å²) in [5.41, 5.74) is 2.92. The fraction of sp³-hybridized carbons (Fsp3) is 0.769. The van der Waals surface area contributed by atoms with E-state index in [1.807, 2.05) is 0 Å². The first-order valence-electron chi connectivity index (χ1n) is 7.01. The molecule has 0 aliphatic heterocycles. The topological polar surface area (TPSA) is 37.3 Å². The van der Waals surface area contributed by atoms with Crippen molar-refractivity contribution in [3.63, 3.8) is 0 Å². The van der Waals surface area contributed by atoms with Gasteiger partial charge in [0.15, 0.2) is 0 Å². The molecule has 0 fully saturated rings. The molecular weight excluding hydrogens is 300 g/mol. The van der Waals surface area contributed by atoms with Crippen LogP contribution in [0.5, 0.6) is 0 Å². The predicted molar refractivity (Wildman–Crippen MR) is 97.2 cm³/mol. The van der Waals surface area contributed by atoms with Gasteiger partial charge in [0.25, 0.3) is 0 Å². The fourth-order valence-electron chi connectivity index (χ4n) is 4.41. The summed E-state index contributed by atoms with van der Waals surface area (Å²) in [6.07, 6.45) is 0. The lowest BCUT2D eigenvalue weighted by Gasteiger charge is -2.56. The average Bonchev–Trinajstić information content (AvgIpc) is 2.06. The minimum Gasteiger partial charge on any atom is -0.478 e. The third-order valence-electron chi connectivity index (χ3n) is 4.32. The van der Waals surface area contributed by atoms with Crippen molar-refractivity contribution in [1.29, 1.82) is 0 Å². The van der Waals surface area contributed by atoms with Crippen molar-refractivity contribution in [3.8, 4) is 0 Å². The summed E-state index contributed by atoms with van der Waals surface area (Å²) in [5, 5.41) is 9.34. The fourth-order valence-corrected chi connectivity index (χ4v) is 100. The monoisotopic (exact) mass is 332 g/mol. The highest BCUT2D eigenvalue weighted by Gasteiger charge is 2.60. The molecule has 0 aromatic rings. The van der Waals surface area contributed by atoms with Crippen LogP contribution in [0.3, 0.4) is 0 Å². The normalized spacial score (nSPS) is 15.6. The SMILES string of the molecule is C/C(=C\[Si]([Si](C)(C)C)([Si](C)(C)C)[Si](C)(C)C)C(=O)O. The molecule has 0 radical (unpaired) electrons. The summed E-state index contributed by atoms with van der Waals surface area (Å²) in [7, 11) is -4.18. The van der Waals surface area contributed by atoms with Crippen molar-refractivity contribution in [1.82, 2.24) is 0 Å². The highest BCUT2D eigenvalue weighted by Crippen LogP contribution is 2.38. The Morgan fingerprint density at radius 1 is 0.789 bits per heavy atom. The molecule has 0 saturated carbocycles. The molecule has 0 amide bonds. The number of hydrogen-bond acceptors (Lipinski definition) is 1. The highest BCUT2D eigenvalue weighted by atomic mass is 29.9. The molecule has 1 N–H and O–H groups in total. The number of hydrogen-bond donors (Lipinski definition) is 1. The molecule has 0 saturated heterocycles. The number of carboxylic acid groups (broad SMARTS) is 1. The van der Waals surface area contributed by atoms with Crippen LogP contribution >= 0.6 is 0 Å². The lowest BCUT2D eigenvalue weighted by atomic mass is 10.4. The molecule has 0 bridgehead atoms. The highest BCUT2D eigenvalue weighted by molar-refractivity contribution is 7.90. The Morgan fingerprint density at radius 2 is 1.05 bits per heavy atom. The second-order valence-corrected chi connectivity index (χ2v) is 49.2. The minimum absolute atomic E-state index is 0.596. The van der Waals surface area contributed by atoms with Crippen molar-refractivity contribution in [3.05, 3.63) is 11.3 Å². The molecule has 0 aliphatic carbocycles. The summed E-state index contributed by atoms with van der Waals surface area (Å²) in [6.45, 7) is 22.4. The maximum Gasteiger partial charge on any atom is 0.330 e. The molecular formula is C13H32O2Si4. The van der Waals surface area contributed by atoms with Gasteiger partial charge in [-0.15, -0.1) is 0 Å². The number of rotatable bonds is 5.